The van der Waals surface area contributed by atoms with Gasteiger partial charge >= 0.3 is 0 Å². The number of nitrogens with one attached hydrogen (secondary N) is 2. The minimum absolute atomic E-state index is 0.300. The summed E-state index contributed by atoms with van der Waals surface area (Å²) >= 11 is 0. The van der Waals surface area contributed by atoms with Crippen molar-refractivity contribution in [2.75, 3.05) is 13.1 Å². The first-order valence-corrected chi connectivity index (χ1v) is 22.6. The van der Waals surface area contributed by atoms with Gasteiger partial charge in [0.2, 0.25) is 0 Å². The first-order chi connectivity index (χ1) is 30.5. The Morgan fingerprint density at radius 2 is 0.698 bits per heavy atom. The fourth-order valence-corrected chi connectivity index (χ4v) is 9.95. The number of hydrogen-bond donors (Lipinski definition) is 4. The molecule has 0 saturated heterocycles. The van der Waals surface area contributed by atoms with Crippen molar-refractivity contribution in [1.82, 2.24) is 10.6 Å². The maximum Gasteiger partial charge on any atom is 0.134 e. The molecule has 8 rings (SSSR count). The van der Waals surface area contributed by atoms with Gasteiger partial charge in [-0.05, 0) is 101 Å². The van der Waals surface area contributed by atoms with Crippen LogP contribution in [0.5, 0.6) is 0 Å². The summed E-state index contributed by atoms with van der Waals surface area (Å²) in [6.07, 6.45) is 1.71. The number of hydrogen-bond acceptors (Lipinski definition) is 4. The Labute approximate surface area is 374 Å². The van der Waals surface area contributed by atoms with Gasteiger partial charge in [-0.25, -0.2) is 0 Å². The van der Waals surface area contributed by atoms with Gasteiger partial charge in [-0.3, -0.25) is 0 Å². The summed E-state index contributed by atoms with van der Waals surface area (Å²) in [6, 6.07) is 62.1. The van der Waals surface area contributed by atoms with Gasteiger partial charge in [-0.2, -0.15) is 0 Å². The van der Waals surface area contributed by atoms with Gasteiger partial charge < -0.3 is 20.8 Å². The van der Waals surface area contributed by atoms with E-state index >= 15 is 0 Å². The molecule has 0 radical (unpaired) electrons. The fraction of sp³-hybridized carbons (Fsp3) is 0.254. The molecule has 320 valence electrons. The van der Waals surface area contributed by atoms with Gasteiger partial charge in [0.25, 0.3) is 0 Å². The highest BCUT2D eigenvalue weighted by molar-refractivity contribution is 5.87. The number of rotatable bonds is 16. The summed E-state index contributed by atoms with van der Waals surface area (Å²) in [6.45, 7) is 14.1. The molecule has 8 aromatic carbocycles. The third kappa shape index (κ3) is 8.62. The lowest BCUT2D eigenvalue weighted by Gasteiger charge is -2.44. The lowest BCUT2D eigenvalue weighted by atomic mass is 9.73. The standard InChI is InChI=1S/C59H62N2O2/c1-7-57(8-2,39-60-55(53-33-17-25-45-23-9-11-31-51(45)53)58(62,47-27-13-19-41(3)35-47)48-28-14-20-42(4)36-48)40-61-56(54-34-18-26-46-24-10-12-32-52(46)54)59(63,49-29-15-21-43(5)37-49)50-30-16-22-44(6)38-50/h9-38,55-56,60-63H,7-8,39-40H2,1-6H3/t55-,56-/m0/s1. The summed E-state index contributed by atoms with van der Waals surface area (Å²) in [5.41, 5.74) is 6.61. The van der Waals surface area contributed by atoms with E-state index in [4.69, 9.17) is 0 Å². The molecule has 0 aliphatic carbocycles. The molecule has 0 amide bonds. The quantitative estimate of drug-likeness (QED) is 0.0783. The lowest BCUT2D eigenvalue weighted by molar-refractivity contribution is 0.0228. The van der Waals surface area contributed by atoms with Gasteiger partial charge in [0.05, 0.1) is 12.1 Å². The summed E-state index contributed by atoms with van der Waals surface area (Å²) in [4.78, 5) is 0. The van der Waals surface area contributed by atoms with Crippen LogP contribution < -0.4 is 10.6 Å². The van der Waals surface area contributed by atoms with E-state index in [1.807, 2.05) is 0 Å². The Hall–Kier alpha value is -5.88. The molecule has 4 nitrogen and oxygen atoms in total. The van der Waals surface area contributed by atoms with Crippen LogP contribution in [-0.2, 0) is 11.2 Å². The molecule has 0 aromatic heterocycles. The molecule has 2 atom stereocenters. The topological polar surface area (TPSA) is 64.5 Å². The average molecular weight is 831 g/mol. The van der Waals surface area contributed by atoms with Gasteiger partial charge in [-0.1, -0.05) is 218 Å². The molecular weight excluding hydrogens is 769 g/mol. The highest BCUT2D eigenvalue weighted by atomic mass is 16.3. The van der Waals surface area contributed by atoms with Crippen LogP contribution in [0.2, 0.25) is 0 Å². The van der Waals surface area contributed by atoms with Crippen LogP contribution in [0, 0.1) is 33.1 Å². The third-order valence-corrected chi connectivity index (χ3v) is 13.8. The molecule has 4 heteroatoms. The van der Waals surface area contributed by atoms with Crippen LogP contribution in [0.4, 0.5) is 0 Å². The van der Waals surface area contributed by atoms with E-state index in [-0.39, 0.29) is 5.41 Å². The maximum atomic E-state index is 13.8. The van der Waals surface area contributed by atoms with Crippen LogP contribution in [0.25, 0.3) is 21.5 Å². The number of aliphatic hydroxyl groups is 2. The van der Waals surface area contributed by atoms with Crippen molar-refractivity contribution in [3.63, 3.8) is 0 Å². The van der Waals surface area contributed by atoms with Crippen LogP contribution in [0.15, 0.2) is 182 Å². The Bertz CT molecular complexity index is 2550. The van der Waals surface area contributed by atoms with E-state index in [2.05, 4.69) is 234 Å². The predicted molar refractivity (Wildman–Crippen MR) is 263 cm³/mol. The molecule has 0 fully saturated rings. The first kappa shape index (κ1) is 43.8. The maximum absolute atomic E-state index is 13.8. The minimum atomic E-state index is -1.44. The Morgan fingerprint density at radius 1 is 0.397 bits per heavy atom. The van der Waals surface area contributed by atoms with Crippen LogP contribution >= 0.6 is 0 Å². The van der Waals surface area contributed by atoms with Gasteiger partial charge in [0.15, 0.2) is 0 Å². The van der Waals surface area contributed by atoms with Crippen molar-refractivity contribution in [3.05, 3.63) is 238 Å². The molecule has 0 spiro atoms. The Morgan fingerprint density at radius 3 is 1.02 bits per heavy atom. The fourth-order valence-electron chi connectivity index (χ4n) is 9.95. The molecule has 0 aliphatic heterocycles. The van der Waals surface area contributed by atoms with Crippen LogP contribution in [0.1, 0.15) is 94.4 Å². The number of fused-ring (bicyclic) bond motifs is 2. The summed E-state index contributed by atoms with van der Waals surface area (Å²) in [5, 5.41) is 40.2. The number of benzene rings is 8. The Kier molecular flexibility index (Phi) is 12.8. The van der Waals surface area contributed by atoms with Crippen molar-refractivity contribution in [1.29, 1.82) is 0 Å². The molecule has 0 aliphatic rings. The second-order valence-corrected chi connectivity index (χ2v) is 18.0. The van der Waals surface area contributed by atoms with E-state index < -0.39 is 23.3 Å². The average Bonchev–Trinajstić information content (AvgIpc) is 3.31. The van der Waals surface area contributed by atoms with Gasteiger partial charge in [-0.15, -0.1) is 0 Å². The molecule has 0 bridgehead atoms. The summed E-state index contributed by atoms with van der Waals surface area (Å²) in [7, 11) is 0. The zero-order chi connectivity index (χ0) is 44.2. The monoisotopic (exact) mass is 830 g/mol. The molecule has 4 N–H and O–H groups in total. The summed E-state index contributed by atoms with van der Waals surface area (Å²) < 4.78 is 0. The third-order valence-electron chi connectivity index (χ3n) is 13.8. The van der Waals surface area contributed by atoms with E-state index in [0.29, 0.717) is 13.1 Å². The van der Waals surface area contributed by atoms with Gasteiger partial charge in [0, 0.05) is 13.1 Å². The van der Waals surface area contributed by atoms with Crippen molar-refractivity contribution in [3.8, 4) is 0 Å². The first-order valence-electron chi connectivity index (χ1n) is 22.6. The zero-order valence-corrected chi connectivity index (χ0v) is 37.7. The van der Waals surface area contributed by atoms with Crippen LogP contribution in [0.3, 0.4) is 0 Å². The van der Waals surface area contributed by atoms with Crippen molar-refractivity contribution in [2.24, 2.45) is 5.41 Å². The smallest absolute Gasteiger partial charge is 0.134 e. The lowest BCUT2D eigenvalue weighted by Crippen LogP contribution is -2.51. The molecule has 8 aromatic rings. The molecule has 0 heterocycles. The van der Waals surface area contributed by atoms with E-state index in [1.54, 1.807) is 0 Å². The SMILES string of the molecule is CCC(CC)(CN[C@@H](c1cccc2ccccc12)C(O)(c1cccc(C)c1)c1cccc(C)c1)CN[C@@H](c1cccc2ccccc12)C(O)(c1cccc(C)c1)c1cccc(C)c1. The van der Waals surface area contributed by atoms with Crippen molar-refractivity contribution < 1.29 is 10.2 Å². The van der Waals surface area contributed by atoms with Crippen molar-refractivity contribution in [2.45, 2.75) is 77.7 Å². The van der Waals surface area contributed by atoms with E-state index in [9.17, 15) is 10.2 Å². The van der Waals surface area contributed by atoms with Crippen molar-refractivity contribution >= 4 is 21.5 Å². The van der Waals surface area contributed by atoms with Gasteiger partial charge in [0.1, 0.15) is 11.2 Å². The second kappa shape index (κ2) is 18.5. The van der Waals surface area contributed by atoms with E-state index in [0.717, 1.165) is 90.0 Å². The zero-order valence-electron chi connectivity index (χ0n) is 37.7. The van der Waals surface area contributed by atoms with Crippen LogP contribution in [-0.4, -0.2) is 23.3 Å². The molecule has 0 unspecified atom stereocenters. The largest absolute Gasteiger partial charge is 0.378 e. The minimum Gasteiger partial charge on any atom is -0.378 e. The molecular formula is C59H62N2O2. The summed E-state index contributed by atoms with van der Waals surface area (Å²) in [5.74, 6) is 0. The predicted octanol–water partition coefficient (Wildman–Crippen LogP) is 12.9. The normalized spacial score (nSPS) is 13.3. The molecule has 0 saturated carbocycles. The number of aryl methyl sites for hydroxylation is 4. The highest BCUT2D eigenvalue weighted by Crippen LogP contribution is 2.46. The van der Waals surface area contributed by atoms with E-state index in [1.165, 1.54) is 0 Å². The molecule has 63 heavy (non-hydrogen) atoms. The Balaban J connectivity index is 1.27. The highest BCUT2D eigenvalue weighted by Gasteiger charge is 2.45. The second-order valence-electron chi connectivity index (χ2n) is 18.0.